The maximum Gasteiger partial charge on any atom is 0.0884 e. The average molecular weight is 238 g/mol. The van der Waals surface area contributed by atoms with Gasteiger partial charge in [-0.2, -0.15) is 0 Å². The second-order valence-electron chi connectivity index (χ2n) is 5.30. The third-order valence-electron chi connectivity index (χ3n) is 3.29. The molecule has 0 spiro atoms. The van der Waals surface area contributed by atoms with Gasteiger partial charge in [-0.05, 0) is 49.7 Å². The molecule has 0 aliphatic heterocycles. The monoisotopic (exact) mass is 238 g/mol. The number of thiophene rings is 1. The lowest BCUT2D eigenvalue weighted by Crippen LogP contribution is -1.99. The standard InChI is InChI=1S/C14H22OS/c1-10(2)8-12(15)14-9-11-6-4-3-5-7-13(11)16-14/h9-10,12,15H,3-8H2,1-2H3. The second-order valence-corrected chi connectivity index (χ2v) is 6.47. The number of hydrogen-bond acceptors (Lipinski definition) is 2. The summed E-state index contributed by atoms with van der Waals surface area (Å²) in [6.45, 7) is 4.34. The van der Waals surface area contributed by atoms with Crippen molar-refractivity contribution in [2.24, 2.45) is 5.92 Å². The lowest BCUT2D eigenvalue weighted by molar-refractivity contribution is 0.154. The Kier molecular flexibility index (Phi) is 4.04. The van der Waals surface area contributed by atoms with Crippen LogP contribution in [-0.2, 0) is 12.8 Å². The normalized spacial score (nSPS) is 18.2. The molecule has 1 atom stereocenters. The van der Waals surface area contributed by atoms with E-state index in [9.17, 15) is 5.11 Å². The highest BCUT2D eigenvalue weighted by molar-refractivity contribution is 7.12. The van der Waals surface area contributed by atoms with Crippen molar-refractivity contribution < 1.29 is 5.11 Å². The molecule has 1 unspecified atom stereocenters. The molecule has 0 fully saturated rings. The molecule has 0 saturated carbocycles. The first-order chi connectivity index (χ1) is 7.66. The zero-order valence-electron chi connectivity index (χ0n) is 10.3. The molecule has 0 amide bonds. The molecule has 1 N–H and O–H groups in total. The van der Waals surface area contributed by atoms with Crippen molar-refractivity contribution in [2.45, 2.75) is 58.5 Å². The smallest absolute Gasteiger partial charge is 0.0884 e. The predicted octanol–water partition coefficient (Wildman–Crippen LogP) is 4.10. The van der Waals surface area contributed by atoms with E-state index in [1.54, 1.807) is 0 Å². The number of rotatable bonds is 3. The van der Waals surface area contributed by atoms with Crippen LogP contribution in [0.2, 0.25) is 0 Å². The number of hydrogen-bond donors (Lipinski definition) is 1. The van der Waals surface area contributed by atoms with Crippen molar-refractivity contribution in [1.29, 1.82) is 0 Å². The van der Waals surface area contributed by atoms with Crippen molar-refractivity contribution >= 4 is 11.3 Å². The van der Waals surface area contributed by atoms with E-state index in [0.29, 0.717) is 5.92 Å². The third-order valence-corrected chi connectivity index (χ3v) is 4.63. The van der Waals surface area contributed by atoms with Crippen LogP contribution >= 0.6 is 11.3 Å². The van der Waals surface area contributed by atoms with E-state index in [-0.39, 0.29) is 6.10 Å². The summed E-state index contributed by atoms with van der Waals surface area (Å²) >= 11 is 1.85. The maximum atomic E-state index is 10.1. The van der Waals surface area contributed by atoms with Gasteiger partial charge in [-0.15, -0.1) is 11.3 Å². The summed E-state index contributed by atoms with van der Waals surface area (Å²) in [6.07, 6.45) is 7.12. The Morgan fingerprint density at radius 2 is 2.00 bits per heavy atom. The second kappa shape index (κ2) is 5.33. The molecule has 1 aromatic rings. The largest absolute Gasteiger partial charge is 0.388 e. The summed E-state index contributed by atoms with van der Waals surface area (Å²) in [5.41, 5.74) is 1.51. The van der Waals surface area contributed by atoms with Gasteiger partial charge in [-0.3, -0.25) is 0 Å². The topological polar surface area (TPSA) is 20.2 Å². The summed E-state index contributed by atoms with van der Waals surface area (Å²) in [4.78, 5) is 2.73. The van der Waals surface area contributed by atoms with E-state index < -0.39 is 0 Å². The van der Waals surface area contributed by atoms with Gasteiger partial charge in [0, 0.05) is 9.75 Å². The van der Waals surface area contributed by atoms with Crippen LogP contribution < -0.4 is 0 Å². The van der Waals surface area contributed by atoms with Crippen molar-refractivity contribution in [3.63, 3.8) is 0 Å². The van der Waals surface area contributed by atoms with Gasteiger partial charge in [-0.25, -0.2) is 0 Å². The molecule has 1 aliphatic rings. The molecule has 0 bridgehead atoms. The minimum Gasteiger partial charge on any atom is -0.388 e. The Labute approximate surface area is 103 Å². The summed E-state index contributed by atoms with van der Waals surface area (Å²) in [5.74, 6) is 0.567. The molecule has 1 nitrogen and oxygen atoms in total. The molecule has 1 aliphatic carbocycles. The number of aliphatic hydroxyl groups is 1. The quantitative estimate of drug-likeness (QED) is 0.786. The number of fused-ring (bicyclic) bond motifs is 1. The summed E-state index contributed by atoms with van der Waals surface area (Å²) < 4.78 is 0. The first kappa shape index (κ1) is 12.1. The van der Waals surface area contributed by atoms with Crippen LogP contribution in [0, 0.1) is 5.92 Å². The molecule has 0 radical (unpaired) electrons. The molecule has 2 rings (SSSR count). The third kappa shape index (κ3) is 2.86. The molecule has 90 valence electrons. The molecule has 2 heteroatoms. The Bertz CT molecular complexity index is 317. The number of aliphatic hydroxyl groups excluding tert-OH is 1. The minimum absolute atomic E-state index is 0.239. The Morgan fingerprint density at radius 3 is 2.75 bits per heavy atom. The highest BCUT2D eigenvalue weighted by Crippen LogP contribution is 2.34. The molecule has 1 aromatic heterocycles. The summed E-state index contributed by atoms with van der Waals surface area (Å²) in [7, 11) is 0. The number of aryl methyl sites for hydroxylation is 2. The van der Waals surface area contributed by atoms with Gasteiger partial charge < -0.3 is 5.11 Å². The first-order valence-corrected chi connectivity index (χ1v) is 7.28. The van der Waals surface area contributed by atoms with Crippen molar-refractivity contribution in [3.05, 3.63) is 21.4 Å². The van der Waals surface area contributed by atoms with E-state index in [4.69, 9.17) is 0 Å². The fourth-order valence-corrected chi connectivity index (χ4v) is 3.67. The summed E-state index contributed by atoms with van der Waals surface area (Å²) in [6, 6.07) is 2.26. The van der Waals surface area contributed by atoms with Gasteiger partial charge in [0.05, 0.1) is 6.10 Å². The molecule has 16 heavy (non-hydrogen) atoms. The lowest BCUT2D eigenvalue weighted by Gasteiger charge is -2.10. The van der Waals surface area contributed by atoms with Crippen molar-refractivity contribution in [1.82, 2.24) is 0 Å². The van der Waals surface area contributed by atoms with Crippen LogP contribution in [0.3, 0.4) is 0 Å². The lowest BCUT2D eigenvalue weighted by atomic mass is 10.0. The van der Waals surface area contributed by atoms with E-state index in [1.807, 2.05) is 11.3 Å². The van der Waals surface area contributed by atoms with Crippen LogP contribution in [0.25, 0.3) is 0 Å². The SMILES string of the molecule is CC(C)CC(O)c1cc2c(s1)CCCCC2. The van der Waals surface area contributed by atoms with Crippen LogP contribution in [0.5, 0.6) is 0 Å². The predicted molar refractivity (Wildman–Crippen MR) is 70.0 cm³/mol. The van der Waals surface area contributed by atoms with Crippen molar-refractivity contribution in [3.8, 4) is 0 Å². The van der Waals surface area contributed by atoms with Gasteiger partial charge >= 0.3 is 0 Å². The van der Waals surface area contributed by atoms with Gasteiger partial charge in [0.1, 0.15) is 0 Å². The minimum atomic E-state index is -0.239. The molecular weight excluding hydrogens is 216 g/mol. The van der Waals surface area contributed by atoms with Crippen molar-refractivity contribution in [2.75, 3.05) is 0 Å². The van der Waals surface area contributed by atoms with E-state index in [1.165, 1.54) is 47.4 Å². The first-order valence-electron chi connectivity index (χ1n) is 6.46. The Hall–Kier alpha value is -0.340. The molecule has 0 saturated heterocycles. The average Bonchev–Trinajstić information content (AvgIpc) is 2.49. The highest BCUT2D eigenvalue weighted by Gasteiger charge is 2.17. The Balaban J connectivity index is 2.11. The summed E-state index contributed by atoms with van der Waals surface area (Å²) in [5, 5.41) is 10.1. The van der Waals surface area contributed by atoms with Crippen LogP contribution in [0.15, 0.2) is 6.07 Å². The highest BCUT2D eigenvalue weighted by atomic mass is 32.1. The molecular formula is C14H22OS. The van der Waals surface area contributed by atoms with E-state index in [0.717, 1.165) is 6.42 Å². The molecule has 1 heterocycles. The van der Waals surface area contributed by atoms with E-state index in [2.05, 4.69) is 19.9 Å². The van der Waals surface area contributed by atoms with Crippen LogP contribution in [0.4, 0.5) is 0 Å². The molecule has 0 aromatic carbocycles. The Morgan fingerprint density at radius 1 is 1.25 bits per heavy atom. The maximum absolute atomic E-state index is 10.1. The van der Waals surface area contributed by atoms with Gasteiger partial charge in [0.15, 0.2) is 0 Å². The van der Waals surface area contributed by atoms with Gasteiger partial charge in [0.2, 0.25) is 0 Å². The zero-order valence-corrected chi connectivity index (χ0v) is 11.1. The van der Waals surface area contributed by atoms with Gasteiger partial charge in [-0.1, -0.05) is 20.3 Å². The van der Waals surface area contributed by atoms with E-state index >= 15 is 0 Å². The van der Waals surface area contributed by atoms with Crippen LogP contribution in [0.1, 0.15) is 61.0 Å². The zero-order chi connectivity index (χ0) is 11.5. The van der Waals surface area contributed by atoms with Crippen LogP contribution in [-0.4, -0.2) is 5.11 Å². The van der Waals surface area contributed by atoms with Gasteiger partial charge in [0.25, 0.3) is 0 Å². The fourth-order valence-electron chi connectivity index (χ4n) is 2.42. The fraction of sp³-hybridized carbons (Fsp3) is 0.714.